The topological polar surface area (TPSA) is 69.2 Å². The van der Waals surface area contributed by atoms with Gasteiger partial charge in [0.1, 0.15) is 17.2 Å². The number of hydrazone groups is 1. The fourth-order valence-electron chi connectivity index (χ4n) is 2.86. The van der Waals surface area contributed by atoms with Gasteiger partial charge in [-0.2, -0.15) is 5.10 Å². The van der Waals surface area contributed by atoms with Gasteiger partial charge in [-0.1, -0.05) is 39.8 Å². The van der Waals surface area contributed by atoms with E-state index in [1.807, 2.05) is 50.2 Å². The number of ether oxygens (including phenoxy) is 3. The van der Waals surface area contributed by atoms with Crippen molar-refractivity contribution in [2.45, 2.75) is 53.4 Å². The van der Waals surface area contributed by atoms with Crippen molar-refractivity contribution >= 4 is 12.1 Å². The second kappa shape index (κ2) is 12.6. The Labute approximate surface area is 185 Å². The number of rotatable bonds is 12. The summed E-state index contributed by atoms with van der Waals surface area (Å²) in [6.45, 7) is 11.4. The summed E-state index contributed by atoms with van der Waals surface area (Å²) < 4.78 is 17.2. The van der Waals surface area contributed by atoms with Gasteiger partial charge in [0.2, 0.25) is 0 Å². The standard InChI is InChI=1S/C25H34N2O4/c1-6-12-29-21-10-9-20(23(15-21)30-13-7-2)16-26-27-25(28)17-31-24-14-19(5)8-11-22(24)18(3)4/h8-11,14-16,18H,6-7,12-13,17H2,1-5H3,(H,27,28). The lowest BCUT2D eigenvalue weighted by atomic mass is 10.0. The van der Waals surface area contributed by atoms with Crippen LogP contribution < -0.4 is 19.6 Å². The van der Waals surface area contributed by atoms with Crippen LogP contribution in [-0.4, -0.2) is 31.9 Å². The van der Waals surface area contributed by atoms with E-state index in [0.717, 1.165) is 41.0 Å². The van der Waals surface area contributed by atoms with Crippen molar-refractivity contribution in [2.75, 3.05) is 19.8 Å². The number of amides is 1. The highest BCUT2D eigenvalue weighted by Gasteiger charge is 2.10. The lowest BCUT2D eigenvalue weighted by Crippen LogP contribution is -2.25. The minimum Gasteiger partial charge on any atom is -0.493 e. The average Bonchev–Trinajstić information content (AvgIpc) is 2.75. The zero-order chi connectivity index (χ0) is 22.6. The monoisotopic (exact) mass is 426 g/mol. The molecule has 0 spiro atoms. The predicted octanol–water partition coefficient (Wildman–Crippen LogP) is 5.23. The summed E-state index contributed by atoms with van der Waals surface area (Å²) in [7, 11) is 0. The van der Waals surface area contributed by atoms with Gasteiger partial charge in [0.25, 0.3) is 5.91 Å². The lowest BCUT2D eigenvalue weighted by molar-refractivity contribution is -0.123. The highest BCUT2D eigenvalue weighted by atomic mass is 16.5. The lowest BCUT2D eigenvalue weighted by Gasteiger charge is -2.14. The van der Waals surface area contributed by atoms with Crippen LogP contribution in [0, 0.1) is 6.92 Å². The molecule has 2 rings (SSSR count). The first kappa shape index (κ1) is 24.3. The third-order valence-electron chi connectivity index (χ3n) is 4.46. The summed E-state index contributed by atoms with van der Waals surface area (Å²) in [5, 5.41) is 4.06. The van der Waals surface area contributed by atoms with Crippen LogP contribution in [0.25, 0.3) is 0 Å². The van der Waals surface area contributed by atoms with E-state index in [0.29, 0.717) is 24.9 Å². The van der Waals surface area contributed by atoms with Crippen LogP contribution in [0.5, 0.6) is 17.2 Å². The molecule has 0 aromatic heterocycles. The third-order valence-corrected chi connectivity index (χ3v) is 4.46. The number of carbonyl (C=O) groups is 1. The second-order valence-electron chi connectivity index (χ2n) is 7.67. The van der Waals surface area contributed by atoms with E-state index in [-0.39, 0.29) is 12.5 Å². The van der Waals surface area contributed by atoms with E-state index in [2.05, 4.69) is 31.3 Å². The molecule has 6 nitrogen and oxygen atoms in total. The number of benzene rings is 2. The first-order valence-corrected chi connectivity index (χ1v) is 10.9. The number of nitrogens with one attached hydrogen (secondary N) is 1. The molecule has 168 valence electrons. The van der Waals surface area contributed by atoms with Gasteiger partial charge in [-0.3, -0.25) is 4.79 Å². The molecule has 0 saturated carbocycles. The fourth-order valence-corrected chi connectivity index (χ4v) is 2.86. The molecular formula is C25H34N2O4. The van der Waals surface area contributed by atoms with Crippen molar-refractivity contribution < 1.29 is 19.0 Å². The van der Waals surface area contributed by atoms with E-state index < -0.39 is 0 Å². The molecule has 2 aromatic carbocycles. The summed E-state index contributed by atoms with van der Waals surface area (Å²) in [4.78, 5) is 12.2. The van der Waals surface area contributed by atoms with Gasteiger partial charge >= 0.3 is 0 Å². The normalized spacial score (nSPS) is 11.0. The Kier molecular flexibility index (Phi) is 9.88. The SMILES string of the molecule is CCCOc1ccc(C=NNC(=O)COc2cc(C)ccc2C(C)C)c(OCCC)c1. The molecule has 0 radical (unpaired) electrons. The summed E-state index contributed by atoms with van der Waals surface area (Å²) in [5.74, 6) is 2.13. The van der Waals surface area contributed by atoms with E-state index in [1.165, 1.54) is 0 Å². The summed E-state index contributed by atoms with van der Waals surface area (Å²) in [5.41, 5.74) is 5.44. The van der Waals surface area contributed by atoms with Gasteiger partial charge in [0.05, 0.1) is 19.4 Å². The fraction of sp³-hybridized carbons (Fsp3) is 0.440. The molecule has 0 bridgehead atoms. The van der Waals surface area contributed by atoms with Crippen molar-refractivity contribution in [2.24, 2.45) is 5.10 Å². The van der Waals surface area contributed by atoms with E-state index >= 15 is 0 Å². The number of nitrogens with zero attached hydrogens (tertiary/aromatic N) is 1. The zero-order valence-electron chi connectivity index (χ0n) is 19.2. The first-order valence-electron chi connectivity index (χ1n) is 10.9. The average molecular weight is 427 g/mol. The summed E-state index contributed by atoms with van der Waals surface area (Å²) in [6.07, 6.45) is 3.39. The maximum Gasteiger partial charge on any atom is 0.277 e. The molecule has 0 saturated heterocycles. The molecule has 2 aromatic rings. The van der Waals surface area contributed by atoms with Gasteiger partial charge < -0.3 is 14.2 Å². The van der Waals surface area contributed by atoms with Crippen LogP contribution in [0.1, 0.15) is 63.1 Å². The minimum atomic E-state index is -0.327. The van der Waals surface area contributed by atoms with Crippen molar-refractivity contribution in [3.8, 4) is 17.2 Å². The largest absolute Gasteiger partial charge is 0.493 e. The Bertz CT molecular complexity index is 878. The molecule has 0 heterocycles. The molecular weight excluding hydrogens is 392 g/mol. The minimum absolute atomic E-state index is 0.108. The molecule has 0 fully saturated rings. The zero-order valence-corrected chi connectivity index (χ0v) is 19.2. The van der Waals surface area contributed by atoms with E-state index in [9.17, 15) is 4.79 Å². The number of aryl methyl sites for hydroxylation is 1. The predicted molar refractivity (Wildman–Crippen MR) is 125 cm³/mol. The van der Waals surface area contributed by atoms with Crippen LogP contribution in [0.4, 0.5) is 0 Å². The molecule has 6 heteroatoms. The van der Waals surface area contributed by atoms with Gasteiger partial charge in [0.15, 0.2) is 6.61 Å². The van der Waals surface area contributed by atoms with Gasteiger partial charge in [0, 0.05) is 11.6 Å². The van der Waals surface area contributed by atoms with Crippen LogP contribution in [0.15, 0.2) is 41.5 Å². The smallest absolute Gasteiger partial charge is 0.277 e. The molecule has 0 aliphatic carbocycles. The van der Waals surface area contributed by atoms with Gasteiger partial charge in [-0.15, -0.1) is 0 Å². The highest BCUT2D eigenvalue weighted by molar-refractivity contribution is 5.85. The first-order chi connectivity index (χ1) is 14.9. The molecule has 31 heavy (non-hydrogen) atoms. The van der Waals surface area contributed by atoms with Crippen molar-refractivity contribution in [3.63, 3.8) is 0 Å². The number of carbonyl (C=O) groups excluding carboxylic acids is 1. The number of hydrogen-bond donors (Lipinski definition) is 1. The van der Waals surface area contributed by atoms with Crippen LogP contribution in [0.3, 0.4) is 0 Å². The summed E-state index contributed by atoms with van der Waals surface area (Å²) in [6, 6.07) is 11.6. The maximum atomic E-state index is 12.2. The second-order valence-corrected chi connectivity index (χ2v) is 7.67. The Morgan fingerprint density at radius 1 is 1.00 bits per heavy atom. The van der Waals surface area contributed by atoms with Crippen molar-refractivity contribution in [1.82, 2.24) is 5.43 Å². The highest BCUT2D eigenvalue weighted by Crippen LogP contribution is 2.27. The van der Waals surface area contributed by atoms with E-state index in [4.69, 9.17) is 14.2 Å². The molecule has 0 aliphatic heterocycles. The third kappa shape index (κ3) is 7.96. The van der Waals surface area contributed by atoms with Gasteiger partial charge in [-0.25, -0.2) is 5.43 Å². The molecule has 1 N–H and O–H groups in total. The summed E-state index contributed by atoms with van der Waals surface area (Å²) >= 11 is 0. The number of hydrogen-bond acceptors (Lipinski definition) is 5. The molecule has 0 aliphatic rings. The van der Waals surface area contributed by atoms with Crippen molar-refractivity contribution in [3.05, 3.63) is 53.1 Å². The van der Waals surface area contributed by atoms with Crippen LogP contribution in [0.2, 0.25) is 0 Å². The van der Waals surface area contributed by atoms with E-state index in [1.54, 1.807) is 6.21 Å². The van der Waals surface area contributed by atoms with Crippen LogP contribution >= 0.6 is 0 Å². The molecule has 0 atom stereocenters. The molecule has 0 unspecified atom stereocenters. The quantitative estimate of drug-likeness (QED) is 0.373. The Morgan fingerprint density at radius 3 is 2.45 bits per heavy atom. The van der Waals surface area contributed by atoms with Crippen molar-refractivity contribution in [1.29, 1.82) is 0 Å². The van der Waals surface area contributed by atoms with Crippen LogP contribution in [-0.2, 0) is 4.79 Å². The Morgan fingerprint density at radius 2 is 1.74 bits per heavy atom. The Balaban J connectivity index is 1.98. The Hall–Kier alpha value is -3.02. The molecule has 1 amide bonds. The van der Waals surface area contributed by atoms with Gasteiger partial charge in [-0.05, 0) is 55.0 Å². The maximum absolute atomic E-state index is 12.2.